The summed E-state index contributed by atoms with van der Waals surface area (Å²) in [4.78, 5) is 1.67. The Labute approximate surface area is 68.7 Å². The summed E-state index contributed by atoms with van der Waals surface area (Å²) in [6.07, 6.45) is 0. The molecule has 3 nitrogen and oxygen atoms in total. The second-order valence-electron chi connectivity index (χ2n) is 1.69. The molecular formula is C5H11NO2S2. The van der Waals surface area contributed by atoms with Gasteiger partial charge >= 0.3 is 0 Å². The van der Waals surface area contributed by atoms with Crippen LogP contribution in [0.3, 0.4) is 0 Å². The third kappa shape index (κ3) is 2.72. The van der Waals surface area contributed by atoms with Crippen molar-refractivity contribution < 1.29 is 8.76 Å². The van der Waals surface area contributed by atoms with Gasteiger partial charge in [0.05, 0.1) is 0 Å². The minimum absolute atomic E-state index is 0.116. The topological polar surface area (TPSA) is 40.5 Å². The Morgan fingerprint density at radius 2 is 2.00 bits per heavy atom. The molecule has 0 fully saturated rings. The lowest BCUT2D eigenvalue weighted by atomic mass is 10.6. The van der Waals surface area contributed by atoms with Crippen LogP contribution in [-0.4, -0.2) is 31.1 Å². The van der Waals surface area contributed by atoms with Crippen molar-refractivity contribution in [2.24, 2.45) is 0 Å². The largest absolute Gasteiger partial charge is 0.354 e. The Morgan fingerprint density at radius 1 is 1.60 bits per heavy atom. The van der Waals surface area contributed by atoms with E-state index in [4.69, 9.17) is 4.55 Å². The van der Waals surface area contributed by atoms with Crippen LogP contribution in [0.1, 0.15) is 13.8 Å². The molecule has 1 unspecified atom stereocenters. The number of hydrogen-bond acceptors (Lipinski definition) is 2. The standard InChI is InChI=1S/C5H11NO2S2/c1-3-6(4-2)5(9)10(7)8/h3-4H2,1-2H3,(H,7,8). The van der Waals surface area contributed by atoms with Gasteiger partial charge in [-0.25, -0.2) is 4.21 Å². The third-order valence-electron chi connectivity index (χ3n) is 1.17. The number of thiocarbonyl (C=S) groups is 1. The van der Waals surface area contributed by atoms with E-state index in [0.717, 1.165) is 0 Å². The molecule has 0 rings (SSSR count). The van der Waals surface area contributed by atoms with Gasteiger partial charge in [-0.2, -0.15) is 0 Å². The fourth-order valence-electron chi connectivity index (χ4n) is 0.592. The maximum Gasteiger partial charge on any atom is 0.215 e. The van der Waals surface area contributed by atoms with E-state index < -0.39 is 11.1 Å². The van der Waals surface area contributed by atoms with Crippen molar-refractivity contribution >= 4 is 27.6 Å². The van der Waals surface area contributed by atoms with Crippen LogP contribution in [0.5, 0.6) is 0 Å². The third-order valence-corrected chi connectivity index (χ3v) is 2.41. The fraction of sp³-hybridized carbons (Fsp3) is 0.800. The van der Waals surface area contributed by atoms with Crippen LogP contribution < -0.4 is 0 Å². The summed E-state index contributed by atoms with van der Waals surface area (Å²) >= 11 is 2.69. The Hall–Kier alpha value is -0.0000000000000000486. The van der Waals surface area contributed by atoms with Gasteiger partial charge < -0.3 is 9.45 Å². The van der Waals surface area contributed by atoms with Crippen LogP contribution in [0, 0.1) is 0 Å². The highest BCUT2D eigenvalue weighted by atomic mass is 32.2. The highest BCUT2D eigenvalue weighted by Gasteiger charge is 2.09. The quantitative estimate of drug-likeness (QED) is 0.506. The summed E-state index contributed by atoms with van der Waals surface area (Å²) in [5.41, 5.74) is 0. The molecule has 0 aliphatic rings. The lowest BCUT2D eigenvalue weighted by Crippen LogP contribution is -2.31. The van der Waals surface area contributed by atoms with Crippen LogP contribution in [0.2, 0.25) is 0 Å². The van der Waals surface area contributed by atoms with Gasteiger partial charge in [0, 0.05) is 13.1 Å². The highest BCUT2D eigenvalue weighted by molar-refractivity contribution is 8.09. The minimum atomic E-state index is -1.98. The highest BCUT2D eigenvalue weighted by Crippen LogP contribution is 1.93. The predicted molar refractivity (Wildman–Crippen MR) is 46.3 cm³/mol. The summed E-state index contributed by atoms with van der Waals surface area (Å²) in [6, 6.07) is 0. The molecule has 0 bridgehead atoms. The van der Waals surface area contributed by atoms with E-state index in [1.807, 2.05) is 13.8 Å². The zero-order chi connectivity index (χ0) is 8.15. The molecule has 0 aliphatic carbocycles. The van der Waals surface area contributed by atoms with E-state index in [-0.39, 0.29) is 4.32 Å². The second kappa shape index (κ2) is 4.76. The van der Waals surface area contributed by atoms with Crippen molar-refractivity contribution in [2.45, 2.75) is 13.8 Å². The average Bonchev–Trinajstić information content (AvgIpc) is 1.90. The van der Waals surface area contributed by atoms with Crippen molar-refractivity contribution in [3.05, 3.63) is 0 Å². The summed E-state index contributed by atoms with van der Waals surface area (Å²) in [6.45, 7) is 5.15. The van der Waals surface area contributed by atoms with Crippen LogP contribution in [0.25, 0.3) is 0 Å². The first-order valence-corrected chi connectivity index (χ1v) is 4.54. The maximum absolute atomic E-state index is 10.4. The van der Waals surface area contributed by atoms with Gasteiger partial charge in [0.1, 0.15) is 0 Å². The van der Waals surface area contributed by atoms with E-state index in [1.165, 1.54) is 0 Å². The first kappa shape index (κ1) is 10.0. The summed E-state index contributed by atoms with van der Waals surface area (Å²) < 4.78 is 19.0. The lowest BCUT2D eigenvalue weighted by molar-refractivity contribution is 0.474. The van der Waals surface area contributed by atoms with Crippen LogP contribution in [0.15, 0.2) is 0 Å². The van der Waals surface area contributed by atoms with Gasteiger partial charge in [0.15, 0.2) is 4.32 Å². The Balaban J connectivity index is 4.02. The smallest absolute Gasteiger partial charge is 0.215 e. The van der Waals surface area contributed by atoms with E-state index in [9.17, 15) is 4.21 Å². The number of nitrogens with zero attached hydrogens (tertiary/aromatic N) is 1. The van der Waals surface area contributed by atoms with E-state index >= 15 is 0 Å². The van der Waals surface area contributed by atoms with Crippen molar-refractivity contribution in [1.82, 2.24) is 4.90 Å². The molecule has 0 heterocycles. The Morgan fingerprint density at radius 3 is 2.10 bits per heavy atom. The molecule has 0 saturated heterocycles. The number of rotatable bonds is 2. The Kier molecular flexibility index (Phi) is 4.76. The van der Waals surface area contributed by atoms with Crippen LogP contribution >= 0.6 is 12.2 Å². The van der Waals surface area contributed by atoms with Gasteiger partial charge in [0.2, 0.25) is 11.1 Å². The predicted octanol–water partition coefficient (Wildman–Crippen LogP) is 0.835. The SMILES string of the molecule is CCN(CC)C(=S)S(=O)O. The molecule has 0 saturated carbocycles. The summed E-state index contributed by atoms with van der Waals surface area (Å²) in [5.74, 6) is 0. The normalized spacial score (nSPS) is 12.7. The monoisotopic (exact) mass is 181 g/mol. The molecule has 5 heteroatoms. The molecule has 0 aromatic carbocycles. The summed E-state index contributed by atoms with van der Waals surface area (Å²) in [5, 5.41) is 0. The second-order valence-corrected chi connectivity index (χ2v) is 3.22. The van der Waals surface area contributed by atoms with Gasteiger partial charge in [-0.1, -0.05) is 0 Å². The molecule has 0 spiro atoms. The summed E-state index contributed by atoms with van der Waals surface area (Å²) in [7, 11) is 0. The lowest BCUT2D eigenvalue weighted by Gasteiger charge is -2.18. The molecule has 0 amide bonds. The van der Waals surface area contributed by atoms with E-state index in [2.05, 4.69) is 12.2 Å². The molecule has 0 aromatic rings. The van der Waals surface area contributed by atoms with Crippen molar-refractivity contribution in [2.75, 3.05) is 13.1 Å². The van der Waals surface area contributed by atoms with Gasteiger partial charge in [-0.15, -0.1) is 0 Å². The average molecular weight is 181 g/mol. The minimum Gasteiger partial charge on any atom is -0.354 e. The van der Waals surface area contributed by atoms with E-state index in [1.54, 1.807) is 4.90 Å². The molecule has 0 aromatic heterocycles. The molecular weight excluding hydrogens is 170 g/mol. The molecule has 0 aliphatic heterocycles. The Bertz CT molecular complexity index is 145. The molecule has 60 valence electrons. The van der Waals surface area contributed by atoms with Crippen molar-refractivity contribution in [1.29, 1.82) is 0 Å². The molecule has 0 radical (unpaired) electrons. The zero-order valence-electron chi connectivity index (χ0n) is 6.03. The van der Waals surface area contributed by atoms with Gasteiger partial charge in [-0.05, 0) is 26.1 Å². The van der Waals surface area contributed by atoms with Crippen molar-refractivity contribution in [3.8, 4) is 0 Å². The molecule has 10 heavy (non-hydrogen) atoms. The first-order valence-electron chi connectivity index (χ1n) is 3.03. The first-order chi connectivity index (χ1) is 4.63. The molecule has 1 atom stereocenters. The van der Waals surface area contributed by atoms with Gasteiger partial charge in [-0.3, -0.25) is 0 Å². The fourth-order valence-corrected chi connectivity index (χ4v) is 1.33. The molecule has 1 N–H and O–H groups in total. The van der Waals surface area contributed by atoms with Crippen LogP contribution in [-0.2, 0) is 11.1 Å². The van der Waals surface area contributed by atoms with E-state index in [0.29, 0.717) is 13.1 Å². The zero-order valence-corrected chi connectivity index (χ0v) is 7.67. The number of hydrogen-bond donors (Lipinski definition) is 1. The van der Waals surface area contributed by atoms with Crippen LogP contribution in [0.4, 0.5) is 0 Å². The van der Waals surface area contributed by atoms with Crippen molar-refractivity contribution in [3.63, 3.8) is 0 Å². The van der Waals surface area contributed by atoms with Gasteiger partial charge in [0.25, 0.3) is 0 Å². The maximum atomic E-state index is 10.4.